The van der Waals surface area contributed by atoms with E-state index in [9.17, 15) is 13.6 Å². The molecule has 3 rings (SSSR count). The molecule has 0 fully saturated rings. The van der Waals surface area contributed by atoms with Crippen LogP contribution in [0.1, 0.15) is 5.56 Å². The molecule has 0 bridgehead atoms. The summed E-state index contributed by atoms with van der Waals surface area (Å²) in [5.41, 5.74) is 0.873. The average molecular weight is 350 g/mol. The van der Waals surface area contributed by atoms with E-state index in [1.807, 2.05) is 6.07 Å². The maximum absolute atomic E-state index is 13.0. The molecule has 8 heteroatoms. The fraction of sp³-hybridized carbons (Fsp3) is 0.235. The number of hydrogen-bond donors (Lipinski definition) is 2. The number of hydrogen-bond acceptors (Lipinski definition) is 4. The third-order valence-electron chi connectivity index (χ3n) is 3.44. The number of carbonyl (C=O) groups excluding carboxylic acids is 1. The van der Waals surface area contributed by atoms with Crippen molar-refractivity contribution < 1.29 is 27.8 Å². The van der Waals surface area contributed by atoms with Crippen molar-refractivity contribution in [2.75, 3.05) is 19.9 Å². The third kappa shape index (κ3) is 4.50. The Bertz CT molecular complexity index is 770. The van der Waals surface area contributed by atoms with Gasteiger partial charge in [-0.2, -0.15) is 0 Å². The molecule has 1 aliphatic heterocycles. The number of amides is 2. The van der Waals surface area contributed by atoms with Crippen LogP contribution in [0.5, 0.6) is 17.2 Å². The first kappa shape index (κ1) is 16.8. The Balaban J connectivity index is 1.36. The molecule has 0 radical (unpaired) electrons. The lowest BCUT2D eigenvalue weighted by molar-refractivity contribution is 0.174. The molecule has 0 unspecified atom stereocenters. The van der Waals surface area contributed by atoms with Gasteiger partial charge in [-0.1, -0.05) is 6.07 Å². The summed E-state index contributed by atoms with van der Waals surface area (Å²) in [6.45, 7) is 0.867. The smallest absolute Gasteiger partial charge is 0.315 e. The number of benzene rings is 2. The number of ether oxygens (including phenoxy) is 3. The van der Waals surface area contributed by atoms with Crippen LogP contribution in [0.3, 0.4) is 0 Å². The Morgan fingerprint density at radius 1 is 1.04 bits per heavy atom. The first-order valence-corrected chi connectivity index (χ1v) is 7.60. The molecule has 0 aromatic heterocycles. The van der Waals surface area contributed by atoms with Crippen molar-refractivity contribution >= 4 is 6.03 Å². The van der Waals surface area contributed by atoms with Crippen LogP contribution in [0.25, 0.3) is 0 Å². The minimum atomic E-state index is -0.980. The largest absolute Gasteiger partial charge is 0.492 e. The third-order valence-corrected chi connectivity index (χ3v) is 3.44. The maximum atomic E-state index is 13.0. The van der Waals surface area contributed by atoms with Gasteiger partial charge < -0.3 is 24.8 Å². The molecule has 2 N–H and O–H groups in total. The highest BCUT2D eigenvalue weighted by Gasteiger charge is 2.13. The average Bonchev–Trinajstić information content (AvgIpc) is 3.07. The zero-order valence-corrected chi connectivity index (χ0v) is 13.2. The first-order chi connectivity index (χ1) is 12.1. The number of rotatable bonds is 6. The van der Waals surface area contributed by atoms with E-state index in [0.29, 0.717) is 18.0 Å². The van der Waals surface area contributed by atoms with E-state index in [0.717, 1.165) is 17.7 Å². The monoisotopic (exact) mass is 350 g/mol. The van der Waals surface area contributed by atoms with Crippen molar-refractivity contribution in [2.45, 2.75) is 6.54 Å². The second-order valence-electron chi connectivity index (χ2n) is 5.22. The van der Waals surface area contributed by atoms with Gasteiger partial charge in [0.15, 0.2) is 23.1 Å². The van der Waals surface area contributed by atoms with Crippen LogP contribution in [0.15, 0.2) is 36.4 Å². The molecule has 1 heterocycles. The van der Waals surface area contributed by atoms with Gasteiger partial charge in [-0.3, -0.25) is 0 Å². The topological polar surface area (TPSA) is 68.8 Å². The molecular formula is C17H16F2N2O4. The molecular weight excluding hydrogens is 334 g/mol. The highest BCUT2D eigenvalue weighted by Crippen LogP contribution is 2.32. The maximum Gasteiger partial charge on any atom is 0.315 e. The van der Waals surface area contributed by atoms with Gasteiger partial charge in [0.05, 0.1) is 6.54 Å². The van der Waals surface area contributed by atoms with Crippen molar-refractivity contribution in [1.82, 2.24) is 10.6 Å². The summed E-state index contributed by atoms with van der Waals surface area (Å²) in [5.74, 6) is -0.385. The van der Waals surface area contributed by atoms with Crippen LogP contribution >= 0.6 is 0 Å². The van der Waals surface area contributed by atoms with Gasteiger partial charge in [0.25, 0.3) is 0 Å². The molecule has 0 saturated carbocycles. The molecule has 2 aromatic carbocycles. The van der Waals surface area contributed by atoms with Crippen molar-refractivity contribution in [1.29, 1.82) is 0 Å². The second kappa shape index (κ2) is 7.69. The van der Waals surface area contributed by atoms with Crippen LogP contribution in [0.4, 0.5) is 13.6 Å². The molecule has 132 valence electrons. The number of carbonyl (C=O) groups is 1. The van der Waals surface area contributed by atoms with Gasteiger partial charge in [-0.05, 0) is 29.8 Å². The lowest BCUT2D eigenvalue weighted by Crippen LogP contribution is -2.37. The van der Waals surface area contributed by atoms with Crippen LogP contribution in [0.2, 0.25) is 0 Å². The van der Waals surface area contributed by atoms with Crippen molar-refractivity contribution in [3.8, 4) is 17.2 Å². The summed E-state index contributed by atoms with van der Waals surface area (Å²) < 4.78 is 41.5. The summed E-state index contributed by atoms with van der Waals surface area (Å²) in [4.78, 5) is 11.7. The van der Waals surface area contributed by atoms with Gasteiger partial charge >= 0.3 is 6.03 Å². The normalized spacial score (nSPS) is 11.9. The fourth-order valence-corrected chi connectivity index (χ4v) is 2.20. The van der Waals surface area contributed by atoms with E-state index < -0.39 is 11.6 Å². The highest BCUT2D eigenvalue weighted by atomic mass is 19.2. The van der Waals surface area contributed by atoms with Gasteiger partial charge in [0.2, 0.25) is 6.79 Å². The predicted molar refractivity (Wildman–Crippen MR) is 84.7 cm³/mol. The van der Waals surface area contributed by atoms with Crippen molar-refractivity contribution in [2.24, 2.45) is 0 Å². The summed E-state index contributed by atoms with van der Waals surface area (Å²) in [6, 6.07) is 8.30. The lowest BCUT2D eigenvalue weighted by atomic mass is 10.2. The molecule has 2 amide bonds. The highest BCUT2D eigenvalue weighted by molar-refractivity contribution is 5.73. The molecule has 2 aromatic rings. The summed E-state index contributed by atoms with van der Waals surface area (Å²) >= 11 is 0. The van der Waals surface area contributed by atoms with Gasteiger partial charge in [-0.15, -0.1) is 0 Å². The summed E-state index contributed by atoms with van der Waals surface area (Å²) in [6.07, 6.45) is 0. The van der Waals surface area contributed by atoms with Gasteiger partial charge in [0, 0.05) is 12.6 Å². The van der Waals surface area contributed by atoms with Crippen LogP contribution in [-0.2, 0) is 6.54 Å². The second-order valence-corrected chi connectivity index (χ2v) is 5.22. The van der Waals surface area contributed by atoms with Crippen molar-refractivity contribution in [3.05, 3.63) is 53.6 Å². The summed E-state index contributed by atoms with van der Waals surface area (Å²) in [5, 5.41) is 5.30. The quantitative estimate of drug-likeness (QED) is 0.786. The van der Waals surface area contributed by atoms with Gasteiger partial charge in [0.1, 0.15) is 12.4 Å². The Morgan fingerprint density at radius 3 is 2.72 bits per heavy atom. The zero-order valence-electron chi connectivity index (χ0n) is 13.2. The molecule has 0 atom stereocenters. The number of fused-ring (bicyclic) bond motifs is 1. The van der Waals surface area contributed by atoms with E-state index in [1.54, 1.807) is 12.1 Å². The Kier molecular flexibility index (Phi) is 5.17. The number of urea groups is 1. The van der Waals surface area contributed by atoms with Gasteiger partial charge in [-0.25, -0.2) is 13.6 Å². The number of halogens is 2. The molecule has 25 heavy (non-hydrogen) atoms. The van der Waals surface area contributed by atoms with E-state index in [-0.39, 0.29) is 31.7 Å². The van der Waals surface area contributed by atoms with E-state index in [4.69, 9.17) is 14.2 Å². The van der Waals surface area contributed by atoms with Crippen LogP contribution in [-0.4, -0.2) is 26.0 Å². The van der Waals surface area contributed by atoms with E-state index >= 15 is 0 Å². The Morgan fingerprint density at radius 2 is 1.88 bits per heavy atom. The lowest BCUT2D eigenvalue weighted by Gasteiger charge is -2.09. The molecule has 0 saturated heterocycles. The van der Waals surface area contributed by atoms with Crippen LogP contribution < -0.4 is 24.8 Å². The van der Waals surface area contributed by atoms with Crippen LogP contribution in [0, 0.1) is 11.6 Å². The molecule has 0 aliphatic carbocycles. The molecule has 0 spiro atoms. The van der Waals surface area contributed by atoms with E-state index in [1.165, 1.54) is 6.07 Å². The van der Waals surface area contributed by atoms with Crippen molar-refractivity contribution in [3.63, 3.8) is 0 Å². The SMILES string of the molecule is O=C(NCCOc1ccc(F)c(F)c1)NCc1ccc2c(c1)OCO2. The zero-order chi connectivity index (χ0) is 17.6. The Hall–Kier alpha value is -3.03. The number of nitrogens with one attached hydrogen (secondary N) is 2. The summed E-state index contributed by atoms with van der Waals surface area (Å²) in [7, 11) is 0. The minimum Gasteiger partial charge on any atom is -0.492 e. The van der Waals surface area contributed by atoms with E-state index in [2.05, 4.69) is 10.6 Å². The standard InChI is InChI=1S/C17H16F2N2O4/c18-13-3-2-12(8-14(13)19)23-6-5-20-17(22)21-9-11-1-4-15-16(7-11)25-10-24-15/h1-4,7-8H,5-6,9-10H2,(H2,20,21,22). The fourth-order valence-electron chi connectivity index (χ4n) is 2.20. The molecule has 1 aliphatic rings. The first-order valence-electron chi connectivity index (χ1n) is 7.60. The Labute approximate surface area is 142 Å². The minimum absolute atomic E-state index is 0.127. The molecule has 6 nitrogen and oxygen atoms in total. The predicted octanol–water partition coefficient (Wildman–Crippen LogP) is 2.57.